The minimum Gasteiger partial charge on any atom is -0.464 e. The highest BCUT2D eigenvalue weighted by Crippen LogP contribution is 2.13. The molecule has 0 spiro atoms. The van der Waals surface area contributed by atoms with Crippen molar-refractivity contribution in [2.75, 3.05) is 7.05 Å². The van der Waals surface area contributed by atoms with Gasteiger partial charge in [0.2, 0.25) is 5.82 Å². The standard InChI is InChI=1S/C14H20N4O2/c1-10-6-7-11(20-10)8-17(5)13(19)12-15-9-18(16-12)14(2,3)4/h6-7,9H,8H2,1-5H3. The Balaban J connectivity index is 2.09. The molecule has 0 atom stereocenters. The van der Waals surface area contributed by atoms with Gasteiger partial charge < -0.3 is 9.32 Å². The molecule has 2 heterocycles. The largest absolute Gasteiger partial charge is 0.464 e. The normalized spacial score (nSPS) is 11.7. The minimum absolute atomic E-state index is 0.192. The van der Waals surface area contributed by atoms with Crippen molar-refractivity contribution in [2.24, 2.45) is 0 Å². The van der Waals surface area contributed by atoms with E-state index in [1.54, 1.807) is 23.0 Å². The SMILES string of the molecule is Cc1ccc(CN(C)C(=O)c2ncn(C(C)(C)C)n2)o1. The van der Waals surface area contributed by atoms with Gasteiger partial charge in [0.15, 0.2) is 0 Å². The van der Waals surface area contributed by atoms with E-state index in [-0.39, 0.29) is 17.3 Å². The van der Waals surface area contributed by atoms with Crippen molar-refractivity contribution in [2.45, 2.75) is 39.8 Å². The molecule has 0 aliphatic rings. The van der Waals surface area contributed by atoms with Crippen LogP contribution in [0.25, 0.3) is 0 Å². The van der Waals surface area contributed by atoms with E-state index in [1.165, 1.54) is 0 Å². The lowest BCUT2D eigenvalue weighted by Crippen LogP contribution is -2.28. The fourth-order valence-corrected chi connectivity index (χ4v) is 1.73. The van der Waals surface area contributed by atoms with Gasteiger partial charge in [0.1, 0.15) is 17.8 Å². The summed E-state index contributed by atoms with van der Waals surface area (Å²) in [5.74, 6) is 1.55. The number of aromatic nitrogens is 3. The lowest BCUT2D eigenvalue weighted by Gasteiger charge is -2.18. The van der Waals surface area contributed by atoms with Gasteiger partial charge in [-0.2, -0.15) is 0 Å². The lowest BCUT2D eigenvalue weighted by atomic mass is 10.1. The summed E-state index contributed by atoms with van der Waals surface area (Å²) in [5.41, 5.74) is -0.192. The first-order valence-corrected chi connectivity index (χ1v) is 6.50. The van der Waals surface area contributed by atoms with Crippen molar-refractivity contribution in [3.8, 4) is 0 Å². The van der Waals surface area contributed by atoms with Crippen molar-refractivity contribution in [3.63, 3.8) is 0 Å². The summed E-state index contributed by atoms with van der Waals surface area (Å²) in [6.07, 6.45) is 1.58. The zero-order valence-electron chi connectivity index (χ0n) is 12.5. The molecule has 0 fully saturated rings. The van der Waals surface area contributed by atoms with Crippen LogP contribution < -0.4 is 0 Å². The number of nitrogens with zero attached hydrogens (tertiary/aromatic N) is 4. The average molecular weight is 276 g/mol. The highest BCUT2D eigenvalue weighted by molar-refractivity contribution is 5.90. The Hall–Kier alpha value is -2.11. The third-order valence-corrected chi connectivity index (χ3v) is 2.91. The monoisotopic (exact) mass is 276 g/mol. The number of hydrogen-bond acceptors (Lipinski definition) is 4. The van der Waals surface area contributed by atoms with Gasteiger partial charge in [0.05, 0.1) is 12.1 Å². The van der Waals surface area contributed by atoms with Crippen LogP contribution in [0.4, 0.5) is 0 Å². The van der Waals surface area contributed by atoms with Crippen molar-refractivity contribution in [1.82, 2.24) is 19.7 Å². The molecule has 0 aliphatic carbocycles. The summed E-state index contributed by atoms with van der Waals surface area (Å²) < 4.78 is 7.15. The van der Waals surface area contributed by atoms with E-state index < -0.39 is 0 Å². The Labute approximate surface area is 118 Å². The van der Waals surface area contributed by atoms with Crippen LogP contribution in [-0.4, -0.2) is 32.6 Å². The Kier molecular flexibility index (Phi) is 3.65. The van der Waals surface area contributed by atoms with Crippen LogP contribution in [0.5, 0.6) is 0 Å². The zero-order chi connectivity index (χ0) is 14.9. The summed E-state index contributed by atoms with van der Waals surface area (Å²) in [4.78, 5) is 17.9. The number of carbonyl (C=O) groups is 1. The van der Waals surface area contributed by atoms with Crippen molar-refractivity contribution in [1.29, 1.82) is 0 Å². The topological polar surface area (TPSA) is 64.2 Å². The molecule has 108 valence electrons. The third-order valence-electron chi connectivity index (χ3n) is 2.91. The van der Waals surface area contributed by atoms with Crippen molar-refractivity contribution < 1.29 is 9.21 Å². The summed E-state index contributed by atoms with van der Waals surface area (Å²) in [5, 5.41) is 4.23. The van der Waals surface area contributed by atoms with E-state index in [2.05, 4.69) is 10.1 Å². The smallest absolute Gasteiger partial charge is 0.293 e. The molecule has 0 radical (unpaired) electrons. The van der Waals surface area contributed by atoms with E-state index in [1.807, 2.05) is 39.8 Å². The van der Waals surface area contributed by atoms with Crippen LogP contribution >= 0.6 is 0 Å². The molecule has 0 aromatic carbocycles. The highest BCUT2D eigenvalue weighted by Gasteiger charge is 2.21. The lowest BCUT2D eigenvalue weighted by molar-refractivity contribution is 0.0762. The number of amides is 1. The number of rotatable bonds is 3. The second-order valence-corrected chi connectivity index (χ2v) is 5.86. The molecular formula is C14H20N4O2. The number of aryl methyl sites for hydroxylation is 1. The van der Waals surface area contributed by atoms with Gasteiger partial charge in [-0.05, 0) is 39.8 Å². The Morgan fingerprint density at radius 2 is 2.10 bits per heavy atom. The summed E-state index contributed by atoms with van der Waals surface area (Å²) in [7, 11) is 1.71. The molecule has 0 bridgehead atoms. The summed E-state index contributed by atoms with van der Waals surface area (Å²) in [6.45, 7) is 8.29. The molecule has 0 N–H and O–H groups in total. The average Bonchev–Trinajstić information content (AvgIpc) is 2.96. The van der Waals surface area contributed by atoms with E-state index in [4.69, 9.17) is 4.42 Å². The molecular weight excluding hydrogens is 256 g/mol. The van der Waals surface area contributed by atoms with Gasteiger partial charge >= 0.3 is 0 Å². The van der Waals surface area contributed by atoms with Crippen molar-refractivity contribution in [3.05, 3.63) is 35.8 Å². The van der Waals surface area contributed by atoms with Crippen LogP contribution in [0.15, 0.2) is 22.9 Å². The minimum atomic E-state index is -0.220. The molecule has 0 aliphatic heterocycles. The quantitative estimate of drug-likeness (QED) is 0.862. The van der Waals surface area contributed by atoms with Crippen LogP contribution in [0.3, 0.4) is 0 Å². The number of furan rings is 1. The van der Waals surface area contributed by atoms with Gasteiger partial charge in [-0.1, -0.05) is 0 Å². The second-order valence-electron chi connectivity index (χ2n) is 5.86. The van der Waals surface area contributed by atoms with E-state index in [0.29, 0.717) is 6.54 Å². The first kappa shape index (κ1) is 14.3. The summed E-state index contributed by atoms with van der Waals surface area (Å²) in [6, 6.07) is 3.74. The van der Waals surface area contributed by atoms with Crippen LogP contribution in [0.1, 0.15) is 42.9 Å². The first-order chi connectivity index (χ1) is 9.27. The maximum absolute atomic E-state index is 12.2. The van der Waals surface area contributed by atoms with Crippen LogP contribution in [-0.2, 0) is 12.1 Å². The Morgan fingerprint density at radius 1 is 1.40 bits per heavy atom. The maximum atomic E-state index is 12.2. The van der Waals surface area contributed by atoms with Crippen LogP contribution in [0, 0.1) is 6.92 Å². The van der Waals surface area contributed by atoms with Gasteiger partial charge in [-0.25, -0.2) is 9.67 Å². The first-order valence-electron chi connectivity index (χ1n) is 6.50. The zero-order valence-corrected chi connectivity index (χ0v) is 12.5. The predicted octanol–water partition coefficient (Wildman–Crippen LogP) is 2.21. The molecule has 0 saturated carbocycles. The van der Waals surface area contributed by atoms with Gasteiger partial charge in [0, 0.05) is 7.05 Å². The molecule has 1 amide bonds. The van der Waals surface area contributed by atoms with E-state index in [9.17, 15) is 4.79 Å². The molecule has 2 rings (SSSR count). The Bertz CT molecular complexity index is 607. The number of carbonyl (C=O) groups excluding carboxylic acids is 1. The van der Waals surface area contributed by atoms with Gasteiger partial charge in [0.25, 0.3) is 5.91 Å². The molecule has 6 heteroatoms. The molecule has 0 saturated heterocycles. The summed E-state index contributed by atoms with van der Waals surface area (Å²) >= 11 is 0. The third kappa shape index (κ3) is 3.07. The molecule has 2 aromatic heterocycles. The molecule has 6 nitrogen and oxygen atoms in total. The Morgan fingerprint density at radius 3 is 2.60 bits per heavy atom. The van der Waals surface area contributed by atoms with Crippen molar-refractivity contribution >= 4 is 5.91 Å². The number of hydrogen-bond donors (Lipinski definition) is 0. The van der Waals surface area contributed by atoms with Gasteiger partial charge in [-0.15, -0.1) is 5.10 Å². The van der Waals surface area contributed by atoms with Crippen LogP contribution in [0.2, 0.25) is 0 Å². The maximum Gasteiger partial charge on any atom is 0.293 e. The van der Waals surface area contributed by atoms with E-state index in [0.717, 1.165) is 11.5 Å². The molecule has 20 heavy (non-hydrogen) atoms. The molecule has 0 unspecified atom stereocenters. The fraction of sp³-hybridized carbons (Fsp3) is 0.500. The highest BCUT2D eigenvalue weighted by atomic mass is 16.3. The van der Waals surface area contributed by atoms with E-state index >= 15 is 0 Å². The molecule has 2 aromatic rings. The predicted molar refractivity (Wildman–Crippen MR) is 74.3 cm³/mol. The fourth-order valence-electron chi connectivity index (χ4n) is 1.73. The second kappa shape index (κ2) is 5.11. The van der Waals surface area contributed by atoms with Gasteiger partial charge in [-0.3, -0.25) is 4.79 Å².